The van der Waals surface area contributed by atoms with Crippen LogP contribution in [0.2, 0.25) is 0 Å². The normalized spacial score (nSPS) is 17.3. The third kappa shape index (κ3) is 0.745. The Morgan fingerprint density at radius 2 is 2.56 bits per heavy atom. The van der Waals surface area contributed by atoms with Gasteiger partial charge in [0, 0.05) is 5.69 Å². The second kappa shape index (κ2) is 1.87. The summed E-state index contributed by atoms with van der Waals surface area (Å²) in [5.41, 5.74) is 2.71. The number of aromatic nitrogens is 2. The number of nitrogens with one attached hydrogen (secondary N) is 1. The largest absolute Gasteiger partial charge is 0.282 e. The lowest BCUT2D eigenvalue weighted by Crippen LogP contribution is -2.00. The van der Waals surface area contributed by atoms with Crippen LogP contribution in [-0.2, 0) is 12.8 Å². The van der Waals surface area contributed by atoms with Crippen LogP contribution in [0.4, 0.5) is 0 Å². The molecule has 0 aromatic carbocycles. The van der Waals surface area contributed by atoms with Crippen LogP contribution in [0, 0.1) is 6.42 Å². The maximum atomic E-state index is 3.96. The molecule has 0 fully saturated rings. The fraction of sp³-hybridized carbons (Fsp3) is 0.429. The SMILES string of the molecule is [CH]1CCc2cn[nH]c2C1. The minimum absolute atomic E-state index is 1.08. The van der Waals surface area contributed by atoms with E-state index in [0.29, 0.717) is 0 Å². The molecule has 1 aliphatic carbocycles. The Hall–Kier alpha value is -0.790. The van der Waals surface area contributed by atoms with Crippen LogP contribution in [-0.4, -0.2) is 10.2 Å². The number of hydrogen-bond acceptors (Lipinski definition) is 1. The molecular formula is C7H9N2. The third-order valence-electron chi connectivity index (χ3n) is 1.77. The molecule has 1 radical (unpaired) electrons. The standard InChI is InChI=1S/C7H9N2/c1-2-4-7-6(3-1)5-8-9-7/h2,5H,1,3-4H2,(H,8,9). The highest BCUT2D eigenvalue weighted by Crippen LogP contribution is 2.16. The average Bonchev–Trinajstić information content (AvgIpc) is 2.33. The molecule has 1 aromatic rings. The lowest BCUT2D eigenvalue weighted by molar-refractivity contribution is 0.813. The Morgan fingerprint density at radius 1 is 1.56 bits per heavy atom. The molecule has 47 valence electrons. The van der Waals surface area contributed by atoms with Gasteiger partial charge in [-0.15, -0.1) is 0 Å². The Kier molecular flexibility index (Phi) is 1.04. The van der Waals surface area contributed by atoms with Crippen LogP contribution < -0.4 is 0 Å². The van der Waals surface area contributed by atoms with E-state index in [2.05, 4.69) is 16.6 Å². The first-order valence-electron chi connectivity index (χ1n) is 3.29. The number of rotatable bonds is 0. The third-order valence-corrected chi connectivity index (χ3v) is 1.77. The fourth-order valence-electron chi connectivity index (χ4n) is 1.23. The van der Waals surface area contributed by atoms with Gasteiger partial charge >= 0.3 is 0 Å². The van der Waals surface area contributed by atoms with Crippen LogP contribution in [0.25, 0.3) is 0 Å². The van der Waals surface area contributed by atoms with Crippen molar-refractivity contribution in [2.75, 3.05) is 0 Å². The zero-order chi connectivity index (χ0) is 6.10. The van der Waals surface area contributed by atoms with Crippen LogP contribution in [0.3, 0.4) is 0 Å². The molecule has 0 saturated carbocycles. The van der Waals surface area contributed by atoms with Crippen molar-refractivity contribution in [1.29, 1.82) is 0 Å². The molecule has 0 atom stereocenters. The molecule has 1 aliphatic rings. The topological polar surface area (TPSA) is 28.7 Å². The highest BCUT2D eigenvalue weighted by Gasteiger charge is 2.09. The monoisotopic (exact) mass is 121 g/mol. The molecule has 9 heavy (non-hydrogen) atoms. The number of nitrogens with zero attached hydrogens (tertiary/aromatic N) is 1. The van der Waals surface area contributed by atoms with Gasteiger partial charge in [-0.1, -0.05) is 0 Å². The Morgan fingerprint density at radius 3 is 3.44 bits per heavy atom. The van der Waals surface area contributed by atoms with Crippen molar-refractivity contribution in [2.45, 2.75) is 19.3 Å². The predicted octanol–water partition coefficient (Wildman–Crippen LogP) is 1.10. The van der Waals surface area contributed by atoms with E-state index in [4.69, 9.17) is 0 Å². The quantitative estimate of drug-likeness (QED) is 0.547. The molecule has 1 N–H and O–H groups in total. The van der Waals surface area contributed by atoms with Crippen molar-refractivity contribution < 1.29 is 0 Å². The second-order valence-corrected chi connectivity index (χ2v) is 2.41. The van der Waals surface area contributed by atoms with E-state index in [1.165, 1.54) is 24.1 Å². The van der Waals surface area contributed by atoms with Crippen LogP contribution in [0.5, 0.6) is 0 Å². The number of aromatic amines is 1. The minimum atomic E-state index is 1.08. The van der Waals surface area contributed by atoms with Gasteiger partial charge in [0.25, 0.3) is 0 Å². The van der Waals surface area contributed by atoms with Gasteiger partial charge in [0.15, 0.2) is 0 Å². The summed E-state index contributed by atoms with van der Waals surface area (Å²) in [7, 11) is 0. The molecule has 0 unspecified atom stereocenters. The summed E-state index contributed by atoms with van der Waals surface area (Å²) < 4.78 is 0. The van der Waals surface area contributed by atoms with Crippen molar-refractivity contribution in [1.82, 2.24) is 10.2 Å². The first-order chi connectivity index (χ1) is 4.47. The zero-order valence-electron chi connectivity index (χ0n) is 5.22. The summed E-state index contributed by atoms with van der Waals surface area (Å²) in [6.07, 6.45) is 7.69. The molecule has 2 heteroatoms. The Bertz CT molecular complexity index is 182. The number of aryl methyl sites for hydroxylation is 1. The first kappa shape index (κ1) is 5.03. The second-order valence-electron chi connectivity index (χ2n) is 2.41. The van der Waals surface area contributed by atoms with E-state index in [9.17, 15) is 0 Å². The summed E-state index contributed by atoms with van der Waals surface area (Å²) in [5, 5.41) is 6.94. The molecule has 0 amide bonds. The van der Waals surface area contributed by atoms with E-state index in [1.807, 2.05) is 6.20 Å². The van der Waals surface area contributed by atoms with Crippen LogP contribution >= 0.6 is 0 Å². The molecule has 0 spiro atoms. The van der Waals surface area contributed by atoms with Gasteiger partial charge in [0.1, 0.15) is 0 Å². The lowest BCUT2D eigenvalue weighted by Gasteiger charge is -2.07. The minimum Gasteiger partial charge on any atom is -0.282 e. The molecule has 0 bridgehead atoms. The van der Waals surface area contributed by atoms with Crippen molar-refractivity contribution in [3.63, 3.8) is 0 Å². The van der Waals surface area contributed by atoms with Crippen LogP contribution in [0.15, 0.2) is 6.20 Å². The molecule has 0 aliphatic heterocycles. The van der Waals surface area contributed by atoms with E-state index >= 15 is 0 Å². The van der Waals surface area contributed by atoms with Gasteiger partial charge in [0.2, 0.25) is 0 Å². The summed E-state index contributed by atoms with van der Waals surface area (Å²) >= 11 is 0. The van der Waals surface area contributed by atoms with Crippen molar-refractivity contribution >= 4 is 0 Å². The molecule has 2 nitrogen and oxygen atoms in total. The van der Waals surface area contributed by atoms with Gasteiger partial charge < -0.3 is 0 Å². The molecule has 1 aromatic heterocycles. The van der Waals surface area contributed by atoms with E-state index in [1.54, 1.807) is 0 Å². The number of fused-ring (bicyclic) bond motifs is 1. The van der Waals surface area contributed by atoms with Gasteiger partial charge in [-0.2, -0.15) is 5.10 Å². The van der Waals surface area contributed by atoms with Crippen LogP contribution in [0.1, 0.15) is 17.7 Å². The average molecular weight is 121 g/mol. The Balaban J connectivity index is 2.39. The maximum Gasteiger partial charge on any atom is 0.0522 e. The highest BCUT2D eigenvalue weighted by atomic mass is 15.1. The smallest absolute Gasteiger partial charge is 0.0522 e. The van der Waals surface area contributed by atoms with Gasteiger partial charge in [-0.25, -0.2) is 0 Å². The van der Waals surface area contributed by atoms with Crippen molar-refractivity contribution in [2.24, 2.45) is 0 Å². The Labute approximate surface area is 54.3 Å². The molecule has 2 rings (SSSR count). The zero-order valence-corrected chi connectivity index (χ0v) is 5.22. The summed E-state index contributed by atoms with van der Waals surface area (Å²) in [5.74, 6) is 0. The predicted molar refractivity (Wildman–Crippen MR) is 34.9 cm³/mol. The van der Waals surface area contributed by atoms with Gasteiger partial charge in [-0.05, 0) is 31.2 Å². The van der Waals surface area contributed by atoms with Crippen molar-refractivity contribution in [3.05, 3.63) is 23.9 Å². The van der Waals surface area contributed by atoms with Gasteiger partial charge in [-0.3, -0.25) is 5.10 Å². The van der Waals surface area contributed by atoms with Crippen molar-refractivity contribution in [3.8, 4) is 0 Å². The first-order valence-corrected chi connectivity index (χ1v) is 3.29. The number of hydrogen-bond donors (Lipinski definition) is 1. The summed E-state index contributed by atoms with van der Waals surface area (Å²) in [6.45, 7) is 0. The van der Waals surface area contributed by atoms with E-state index in [0.717, 1.165) is 6.42 Å². The molecule has 1 heterocycles. The maximum absolute atomic E-state index is 3.96. The molecular weight excluding hydrogens is 112 g/mol. The van der Waals surface area contributed by atoms with Gasteiger partial charge in [0.05, 0.1) is 6.20 Å². The number of H-pyrrole nitrogens is 1. The lowest BCUT2D eigenvalue weighted by atomic mass is 9.99. The van der Waals surface area contributed by atoms with E-state index < -0.39 is 0 Å². The summed E-state index contributed by atoms with van der Waals surface area (Å²) in [4.78, 5) is 0. The highest BCUT2D eigenvalue weighted by molar-refractivity contribution is 5.21. The fourth-order valence-corrected chi connectivity index (χ4v) is 1.23. The molecule has 0 saturated heterocycles. The van der Waals surface area contributed by atoms with E-state index in [-0.39, 0.29) is 0 Å². The summed E-state index contributed by atoms with van der Waals surface area (Å²) in [6, 6.07) is 0.